The molecule has 35 heavy (non-hydrogen) atoms. The van der Waals surface area contributed by atoms with Crippen LogP contribution in [0, 0.1) is 11.6 Å². The van der Waals surface area contributed by atoms with Gasteiger partial charge >= 0.3 is 0 Å². The van der Waals surface area contributed by atoms with Crippen molar-refractivity contribution in [2.75, 3.05) is 11.5 Å². The van der Waals surface area contributed by atoms with Crippen LogP contribution in [-0.2, 0) is 4.79 Å². The summed E-state index contributed by atoms with van der Waals surface area (Å²) in [6, 6.07) is 17.0. The molecule has 1 aliphatic heterocycles. The van der Waals surface area contributed by atoms with Crippen LogP contribution in [0.2, 0.25) is 0 Å². The minimum Gasteiger partial charge on any atom is -0.503 e. The summed E-state index contributed by atoms with van der Waals surface area (Å²) in [6.45, 7) is 2.19. The normalized spacial score (nSPS) is 15.8. The monoisotopic (exact) mass is 475 g/mol. The molecule has 8 heteroatoms. The van der Waals surface area contributed by atoms with Gasteiger partial charge in [0.15, 0.2) is 23.2 Å². The molecule has 1 N–H and O–H groups in total. The van der Waals surface area contributed by atoms with E-state index < -0.39 is 35.1 Å². The van der Waals surface area contributed by atoms with Crippen molar-refractivity contribution in [2.45, 2.75) is 13.0 Å². The molecule has 2 heterocycles. The van der Waals surface area contributed by atoms with Crippen molar-refractivity contribution in [3.63, 3.8) is 0 Å². The molecule has 0 saturated heterocycles. The third kappa shape index (κ3) is 3.82. The molecular formula is C27H19F2NO5. The van der Waals surface area contributed by atoms with Crippen molar-refractivity contribution < 1.29 is 32.6 Å². The quantitative estimate of drug-likeness (QED) is 0.352. The summed E-state index contributed by atoms with van der Waals surface area (Å²) in [5.41, 5.74) is 0.622. The molecule has 1 atom stereocenters. The second-order valence-electron chi connectivity index (χ2n) is 7.92. The van der Waals surface area contributed by atoms with Crippen LogP contribution in [-0.4, -0.2) is 23.4 Å². The molecule has 4 aromatic rings. The van der Waals surface area contributed by atoms with E-state index in [-0.39, 0.29) is 17.0 Å². The number of furan rings is 1. The SMILES string of the molecule is CCOc1cccc(C2C(C(=O)c3cc4ccccc4o3)=C(O)C(=O)N2c2ccc(F)c(F)c2)c1. The van der Waals surface area contributed by atoms with Crippen LogP contribution in [0.3, 0.4) is 0 Å². The summed E-state index contributed by atoms with van der Waals surface area (Å²) in [7, 11) is 0. The number of aliphatic hydroxyl groups excluding tert-OH is 1. The van der Waals surface area contributed by atoms with Gasteiger partial charge in [-0.15, -0.1) is 0 Å². The van der Waals surface area contributed by atoms with Crippen LogP contribution in [0.5, 0.6) is 5.75 Å². The standard InChI is InChI=1S/C27H19F2NO5/c1-2-34-18-8-5-7-16(12-18)24-23(25(31)22-13-15-6-3-4-9-21(15)35-22)26(32)27(33)30(24)17-10-11-19(28)20(29)14-17/h3-14,24,32H,2H2,1H3. The number of Topliss-reactive ketones (excluding diaryl/α,β-unsaturated/α-hetero) is 1. The van der Waals surface area contributed by atoms with E-state index in [4.69, 9.17) is 9.15 Å². The van der Waals surface area contributed by atoms with Crippen LogP contribution in [0.15, 0.2) is 88.5 Å². The van der Waals surface area contributed by atoms with Crippen molar-refractivity contribution >= 4 is 28.3 Å². The number of hydrogen-bond acceptors (Lipinski definition) is 5. The molecule has 3 aromatic carbocycles. The van der Waals surface area contributed by atoms with Gasteiger partial charge in [0.25, 0.3) is 5.91 Å². The van der Waals surface area contributed by atoms with Crippen molar-refractivity contribution in [1.29, 1.82) is 0 Å². The fourth-order valence-electron chi connectivity index (χ4n) is 4.22. The molecule has 0 radical (unpaired) electrons. The second-order valence-corrected chi connectivity index (χ2v) is 7.92. The lowest BCUT2D eigenvalue weighted by Crippen LogP contribution is -2.31. The number of anilines is 1. The van der Waals surface area contributed by atoms with Crippen LogP contribution in [0.1, 0.15) is 29.1 Å². The maximum Gasteiger partial charge on any atom is 0.294 e. The van der Waals surface area contributed by atoms with Gasteiger partial charge in [0.1, 0.15) is 11.3 Å². The van der Waals surface area contributed by atoms with Gasteiger partial charge in [-0.2, -0.15) is 0 Å². The van der Waals surface area contributed by atoms with Gasteiger partial charge in [-0.05, 0) is 48.9 Å². The van der Waals surface area contributed by atoms with Crippen LogP contribution >= 0.6 is 0 Å². The Labute approximate surface area is 198 Å². The van der Waals surface area contributed by atoms with Gasteiger partial charge < -0.3 is 14.3 Å². The Hall–Kier alpha value is -4.46. The zero-order chi connectivity index (χ0) is 24.7. The molecule has 1 amide bonds. The lowest BCUT2D eigenvalue weighted by Gasteiger charge is -2.27. The minimum atomic E-state index is -1.17. The van der Waals surface area contributed by atoms with E-state index in [1.165, 1.54) is 12.1 Å². The molecule has 0 bridgehead atoms. The van der Waals surface area contributed by atoms with Crippen LogP contribution in [0.4, 0.5) is 14.5 Å². The smallest absolute Gasteiger partial charge is 0.294 e. The Balaban J connectivity index is 1.67. The number of rotatable bonds is 6. The number of nitrogens with zero attached hydrogens (tertiary/aromatic N) is 1. The maximum absolute atomic E-state index is 14.1. The molecule has 176 valence electrons. The Morgan fingerprint density at radius 1 is 1.03 bits per heavy atom. The van der Waals surface area contributed by atoms with Crippen molar-refractivity contribution in [1.82, 2.24) is 0 Å². The van der Waals surface area contributed by atoms with E-state index in [9.17, 15) is 23.5 Å². The van der Waals surface area contributed by atoms with Gasteiger partial charge in [0, 0.05) is 17.1 Å². The van der Waals surface area contributed by atoms with E-state index in [0.29, 0.717) is 28.9 Å². The summed E-state index contributed by atoms with van der Waals surface area (Å²) in [5.74, 6) is -4.29. The number of carbonyl (C=O) groups is 2. The first-order chi connectivity index (χ1) is 16.9. The largest absolute Gasteiger partial charge is 0.503 e. The Kier molecular flexibility index (Phi) is 5.56. The highest BCUT2D eigenvalue weighted by Crippen LogP contribution is 2.43. The molecule has 0 fully saturated rings. The number of ketones is 1. The number of benzene rings is 3. The molecule has 5 rings (SSSR count). The molecule has 6 nitrogen and oxygen atoms in total. The van der Waals surface area contributed by atoms with E-state index in [2.05, 4.69) is 0 Å². The molecule has 1 unspecified atom stereocenters. The number of ether oxygens (including phenoxy) is 1. The Morgan fingerprint density at radius 2 is 1.83 bits per heavy atom. The summed E-state index contributed by atoms with van der Waals surface area (Å²) >= 11 is 0. The van der Waals surface area contributed by atoms with E-state index in [0.717, 1.165) is 17.0 Å². The molecule has 0 saturated carbocycles. The van der Waals surface area contributed by atoms with E-state index in [1.807, 2.05) is 6.92 Å². The van der Waals surface area contributed by atoms with E-state index in [1.54, 1.807) is 48.5 Å². The number of carbonyl (C=O) groups excluding carboxylic acids is 2. The fraction of sp³-hybridized carbons (Fsp3) is 0.111. The summed E-state index contributed by atoms with van der Waals surface area (Å²) in [4.78, 5) is 27.9. The molecule has 0 aliphatic carbocycles. The maximum atomic E-state index is 14.1. The average Bonchev–Trinajstić information content (AvgIpc) is 3.40. The zero-order valence-electron chi connectivity index (χ0n) is 18.5. The highest BCUT2D eigenvalue weighted by Gasteiger charge is 2.45. The summed E-state index contributed by atoms with van der Waals surface area (Å²) in [6.07, 6.45) is 0. The van der Waals surface area contributed by atoms with Gasteiger partial charge in [-0.3, -0.25) is 14.5 Å². The predicted molar refractivity (Wildman–Crippen MR) is 124 cm³/mol. The Bertz CT molecular complexity index is 1470. The first-order valence-electron chi connectivity index (χ1n) is 10.9. The molecule has 1 aromatic heterocycles. The number of amides is 1. The number of fused-ring (bicyclic) bond motifs is 1. The number of hydrogen-bond donors (Lipinski definition) is 1. The van der Waals surface area contributed by atoms with Crippen LogP contribution < -0.4 is 9.64 Å². The van der Waals surface area contributed by atoms with Crippen molar-refractivity contribution in [2.24, 2.45) is 0 Å². The molecule has 0 spiro atoms. The van der Waals surface area contributed by atoms with Crippen molar-refractivity contribution in [3.8, 4) is 5.75 Å². The first kappa shape index (κ1) is 22.3. The third-order valence-electron chi connectivity index (χ3n) is 5.77. The lowest BCUT2D eigenvalue weighted by atomic mass is 9.94. The van der Waals surface area contributed by atoms with Gasteiger partial charge in [0.2, 0.25) is 5.78 Å². The second kappa shape index (κ2) is 8.72. The van der Waals surface area contributed by atoms with Gasteiger partial charge in [-0.25, -0.2) is 8.78 Å². The summed E-state index contributed by atoms with van der Waals surface area (Å²) < 4.78 is 39.0. The number of halogens is 2. The number of aliphatic hydroxyl groups is 1. The third-order valence-corrected chi connectivity index (χ3v) is 5.77. The Morgan fingerprint density at radius 3 is 2.57 bits per heavy atom. The minimum absolute atomic E-state index is 0.0281. The van der Waals surface area contributed by atoms with Gasteiger partial charge in [0.05, 0.1) is 18.2 Å². The predicted octanol–water partition coefficient (Wildman–Crippen LogP) is 5.89. The van der Waals surface area contributed by atoms with Gasteiger partial charge in [-0.1, -0.05) is 30.3 Å². The zero-order valence-corrected chi connectivity index (χ0v) is 18.5. The lowest BCUT2D eigenvalue weighted by molar-refractivity contribution is -0.117. The van der Waals surface area contributed by atoms with Crippen molar-refractivity contribution in [3.05, 3.63) is 107 Å². The first-order valence-corrected chi connectivity index (χ1v) is 10.9. The van der Waals surface area contributed by atoms with Crippen LogP contribution in [0.25, 0.3) is 11.0 Å². The van der Waals surface area contributed by atoms with E-state index >= 15 is 0 Å². The summed E-state index contributed by atoms with van der Waals surface area (Å²) in [5, 5.41) is 11.5. The molecular weight excluding hydrogens is 456 g/mol. The average molecular weight is 475 g/mol. The topological polar surface area (TPSA) is 80.0 Å². The fourth-order valence-corrected chi connectivity index (χ4v) is 4.22. The number of para-hydroxylation sites is 1. The highest BCUT2D eigenvalue weighted by atomic mass is 19.2. The molecule has 1 aliphatic rings. The highest BCUT2D eigenvalue weighted by molar-refractivity contribution is 6.20.